The van der Waals surface area contributed by atoms with Crippen molar-refractivity contribution in [3.8, 4) is 5.75 Å². The molecule has 0 aliphatic carbocycles. The number of ether oxygens (including phenoxy) is 1. The van der Waals surface area contributed by atoms with Crippen LogP contribution in [0.25, 0.3) is 0 Å². The molecule has 4 nitrogen and oxygen atoms in total. The first-order valence-corrected chi connectivity index (χ1v) is 7.96. The first-order valence-electron chi connectivity index (χ1n) is 7.55. The number of methoxy groups -OCH3 is 1. The van der Waals surface area contributed by atoms with Gasteiger partial charge in [0.05, 0.1) is 7.11 Å². The standard InChI is InChI=1S/C18H23N3OS/c1-14-4-8-16(9-5-14)21(2)13-12-19-18(23)20-15-6-10-17(22-3)11-7-15/h4-11H,12-13H2,1-3H3,(H2,19,20,23). The van der Waals surface area contributed by atoms with Crippen LogP contribution in [0.3, 0.4) is 0 Å². The highest BCUT2D eigenvalue weighted by molar-refractivity contribution is 7.80. The van der Waals surface area contributed by atoms with Crippen LogP contribution in [0.4, 0.5) is 11.4 Å². The van der Waals surface area contributed by atoms with Gasteiger partial charge in [0, 0.05) is 31.5 Å². The molecule has 0 fully saturated rings. The zero-order chi connectivity index (χ0) is 16.7. The zero-order valence-corrected chi connectivity index (χ0v) is 14.6. The lowest BCUT2D eigenvalue weighted by molar-refractivity contribution is 0.415. The first kappa shape index (κ1) is 17.1. The number of benzene rings is 2. The maximum Gasteiger partial charge on any atom is 0.170 e. The van der Waals surface area contributed by atoms with Crippen LogP contribution in [0, 0.1) is 6.92 Å². The molecular weight excluding hydrogens is 306 g/mol. The van der Waals surface area contributed by atoms with E-state index >= 15 is 0 Å². The van der Waals surface area contributed by atoms with E-state index in [1.807, 2.05) is 24.3 Å². The summed E-state index contributed by atoms with van der Waals surface area (Å²) in [5.41, 5.74) is 3.41. The summed E-state index contributed by atoms with van der Waals surface area (Å²) in [6.07, 6.45) is 0. The fourth-order valence-corrected chi connectivity index (χ4v) is 2.34. The second kappa shape index (κ2) is 8.39. The number of aryl methyl sites for hydroxylation is 1. The summed E-state index contributed by atoms with van der Waals surface area (Å²) < 4.78 is 5.13. The van der Waals surface area contributed by atoms with E-state index in [2.05, 4.69) is 53.8 Å². The zero-order valence-electron chi connectivity index (χ0n) is 13.8. The van der Waals surface area contributed by atoms with E-state index in [-0.39, 0.29) is 0 Å². The van der Waals surface area contributed by atoms with Gasteiger partial charge in [-0.1, -0.05) is 17.7 Å². The number of anilines is 2. The Morgan fingerprint density at radius 3 is 2.35 bits per heavy atom. The third kappa shape index (κ3) is 5.45. The van der Waals surface area contributed by atoms with Crippen molar-refractivity contribution in [1.82, 2.24) is 5.32 Å². The van der Waals surface area contributed by atoms with Crippen LogP contribution in [0.2, 0.25) is 0 Å². The fourth-order valence-electron chi connectivity index (χ4n) is 2.12. The van der Waals surface area contributed by atoms with E-state index < -0.39 is 0 Å². The van der Waals surface area contributed by atoms with Crippen LogP contribution in [-0.2, 0) is 0 Å². The summed E-state index contributed by atoms with van der Waals surface area (Å²) in [6, 6.07) is 16.2. The van der Waals surface area contributed by atoms with Crippen molar-refractivity contribution in [2.24, 2.45) is 0 Å². The number of likely N-dealkylation sites (N-methyl/N-ethyl adjacent to an activating group) is 1. The summed E-state index contributed by atoms with van der Waals surface area (Å²) in [4.78, 5) is 2.20. The number of thiocarbonyl (C=S) groups is 1. The highest BCUT2D eigenvalue weighted by Crippen LogP contribution is 2.15. The Kier molecular flexibility index (Phi) is 6.23. The topological polar surface area (TPSA) is 36.5 Å². The van der Waals surface area contributed by atoms with Gasteiger partial charge in [0.2, 0.25) is 0 Å². The summed E-state index contributed by atoms with van der Waals surface area (Å²) in [5, 5.41) is 7.00. The van der Waals surface area contributed by atoms with E-state index in [4.69, 9.17) is 17.0 Å². The molecule has 122 valence electrons. The molecule has 0 saturated heterocycles. The van der Waals surface area contributed by atoms with Gasteiger partial charge in [-0.15, -0.1) is 0 Å². The molecule has 0 heterocycles. The van der Waals surface area contributed by atoms with Crippen molar-refractivity contribution >= 4 is 28.7 Å². The second-order valence-electron chi connectivity index (χ2n) is 5.37. The summed E-state index contributed by atoms with van der Waals surface area (Å²) in [5.74, 6) is 0.828. The Hall–Kier alpha value is -2.27. The monoisotopic (exact) mass is 329 g/mol. The smallest absolute Gasteiger partial charge is 0.170 e. The van der Waals surface area contributed by atoms with Crippen molar-refractivity contribution in [3.63, 3.8) is 0 Å². The summed E-state index contributed by atoms with van der Waals surface area (Å²) in [6.45, 7) is 3.73. The highest BCUT2D eigenvalue weighted by Gasteiger charge is 2.02. The number of hydrogen-bond acceptors (Lipinski definition) is 3. The van der Waals surface area contributed by atoms with Gasteiger partial charge in [-0.2, -0.15) is 0 Å². The Labute approximate surface area is 143 Å². The Morgan fingerprint density at radius 2 is 1.74 bits per heavy atom. The van der Waals surface area contributed by atoms with E-state index in [1.54, 1.807) is 7.11 Å². The maximum atomic E-state index is 5.31. The van der Waals surface area contributed by atoms with Gasteiger partial charge in [0.25, 0.3) is 0 Å². The molecule has 0 amide bonds. The van der Waals surface area contributed by atoms with Crippen LogP contribution in [0.5, 0.6) is 5.75 Å². The average Bonchev–Trinajstić information content (AvgIpc) is 2.56. The van der Waals surface area contributed by atoms with Gasteiger partial charge < -0.3 is 20.3 Å². The SMILES string of the molecule is COc1ccc(NC(=S)NCCN(C)c2ccc(C)cc2)cc1. The van der Waals surface area contributed by atoms with Crippen LogP contribution in [0.15, 0.2) is 48.5 Å². The van der Waals surface area contributed by atoms with Crippen LogP contribution in [-0.4, -0.2) is 32.4 Å². The minimum Gasteiger partial charge on any atom is -0.497 e. The molecule has 0 spiro atoms. The molecule has 0 atom stereocenters. The molecule has 5 heteroatoms. The molecule has 0 bridgehead atoms. The molecule has 0 saturated carbocycles. The molecule has 2 aromatic rings. The first-order chi connectivity index (χ1) is 11.1. The summed E-state index contributed by atoms with van der Waals surface area (Å²) in [7, 11) is 3.73. The molecule has 23 heavy (non-hydrogen) atoms. The number of rotatable bonds is 6. The highest BCUT2D eigenvalue weighted by atomic mass is 32.1. The van der Waals surface area contributed by atoms with Gasteiger partial charge in [-0.05, 0) is 55.5 Å². The van der Waals surface area contributed by atoms with Crippen molar-refractivity contribution < 1.29 is 4.74 Å². The van der Waals surface area contributed by atoms with Crippen LogP contribution < -0.4 is 20.3 Å². The molecule has 2 rings (SSSR count). The fraction of sp³-hybridized carbons (Fsp3) is 0.278. The van der Waals surface area contributed by atoms with Crippen LogP contribution >= 0.6 is 12.2 Å². The molecule has 0 radical (unpaired) electrons. The largest absolute Gasteiger partial charge is 0.497 e. The normalized spacial score (nSPS) is 10.0. The van der Waals surface area contributed by atoms with Crippen molar-refractivity contribution in [2.45, 2.75) is 6.92 Å². The lowest BCUT2D eigenvalue weighted by Crippen LogP contribution is -2.35. The van der Waals surface area contributed by atoms with Gasteiger partial charge in [-0.25, -0.2) is 0 Å². The van der Waals surface area contributed by atoms with Crippen molar-refractivity contribution in [2.75, 3.05) is 37.5 Å². The third-order valence-electron chi connectivity index (χ3n) is 3.56. The van der Waals surface area contributed by atoms with Gasteiger partial charge >= 0.3 is 0 Å². The van der Waals surface area contributed by atoms with Crippen LogP contribution in [0.1, 0.15) is 5.56 Å². The van der Waals surface area contributed by atoms with E-state index in [0.29, 0.717) is 5.11 Å². The van der Waals surface area contributed by atoms with E-state index in [9.17, 15) is 0 Å². The molecule has 0 aromatic heterocycles. The lowest BCUT2D eigenvalue weighted by Gasteiger charge is -2.20. The van der Waals surface area contributed by atoms with Crippen molar-refractivity contribution in [1.29, 1.82) is 0 Å². The molecule has 2 N–H and O–H groups in total. The van der Waals surface area contributed by atoms with Crippen molar-refractivity contribution in [3.05, 3.63) is 54.1 Å². The Bertz CT molecular complexity index is 626. The number of hydrogen-bond donors (Lipinski definition) is 2. The Balaban J connectivity index is 1.74. The summed E-state index contributed by atoms with van der Waals surface area (Å²) >= 11 is 5.31. The Morgan fingerprint density at radius 1 is 1.09 bits per heavy atom. The molecule has 0 aliphatic rings. The molecule has 0 unspecified atom stereocenters. The van der Waals surface area contributed by atoms with E-state index in [1.165, 1.54) is 11.3 Å². The molecule has 0 aliphatic heterocycles. The number of nitrogens with one attached hydrogen (secondary N) is 2. The molecule has 2 aromatic carbocycles. The van der Waals surface area contributed by atoms with E-state index in [0.717, 1.165) is 24.5 Å². The average molecular weight is 329 g/mol. The maximum absolute atomic E-state index is 5.31. The second-order valence-corrected chi connectivity index (χ2v) is 5.77. The predicted octanol–water partition coefficient (Wildman–Crippen LogP) is 3.43. The van der Waals surface area contributed by atoms with Gasteiger partial charge in [0.15, 0.2) is 5.11 Å². The van der Waals surface area contributed by atoms with Gasteiger partial charge in [0.1, 0.15) is 5.75 Å². The minimum absolute atomic E-state index is 0.618. The van der Waals surface area contributed by atoms with Gasteiger partial charge in [-0.3, -0.25) is 0 Å². The lowest BCUT2D eigenvalue weighted by atomic mass is 10.2. The third-order valence-corrected chi connectivity index (χ3v) is 3.80. The predicted molar refractivity (Wildman–Crippen MR) is 102 cm³/mol. The quantitative estimate of drug-likeness (QED) is 0.794. The number of nitrogens with zero attached hydrogens (tertiary/aromatic N) is 1. The minimum atomic E-state index is 0.618. The molecular formula is C18H23N3OS.